The fourth-order valence-corrected chi connectivity index (χ4v) is 1.88. The van der Waals surface area contributed by atoms with Crippen LogP contribution in [0.25, 0.3) is 0 Å². The van der Waals surface area contributed by atoms with Gasteiger partial charge in [-0.05, 0) is 31.2 Å². The zero-order chi connectivity index (χ0) is 11.4. The van der Waals surface area contributed by atoms with E-state index < -0.39 is 0 Å². The van der Waals surface area contributed by atoms with E-state index in [-0.39, 0.29) is 12.6 Å². The summed E-state index contributed by atoms with van der Waals surface area (Å²) in [5.41, 5.74) is 1.11. The first-order valence-electron chi connectivity index (χ1n) is 5.53. The first-order valence-corrected chi connectivity index (χ1v) is 5.53. The van der Waals surface area contributed by atoms with Gasteiger partial charge in [0.1, 0.15) is 13.2 Å². The molecule has 1 atom stereocenters. The summed E-state index contributed by atoms with van der Waals surface area (Å²) in [7, 11) is 1.89. The molecule has 0 bridgehead atoms. The minimum Gasteiger partial charge on any atom is -0.486 e. The molecule has 4 nitrogen and oxygen atoms in total. The van der Waals surface area contributed by atoms with Gasteiger partial charge >= 0.3 is 0 Å². The molecule has 4 heteroatoms. The normalized spacial score (nSPS) is 15.9. The van der Waals surface area contributed by atoms with Crippen LogP contribution in [0.3, 0.4) is 0 Å². The zero-order valence-electron chi connectivity index (χ0n) is 9.40. The smallest absolute Gasteiger partial charge is 0.161 e. The quantitative estimate of drug-likeness (QED) is 0.802. The van der Waals surface area contributed by atoms with Gasteiger partial charge in [-0.15, -0.1) is 0 Å². The van der Waals surface area contributed by atoms with Crippen LogP contribution in [0.15, 0.2) is 18.2 Å². The third kappa shape index (κ3) is 2.28. The monoisotopic (exact) mass is 223 g/mol. The summed E-state index contributed by atoms with van der Waals surface area (Å²) in [5, 5.41) is 12.1. The van der Waals surface area contributed by atoms with Crippen molar-refractivity contribution < 1.29 is 14.6 Å². The number of fused-ring (bicyclic) bond motifs is 1. The van der Waals surface area contributed by atoms with Gasteiger partial charge in [0.25, 0.3) is 0 Å². The first-order chi connectivity index (χ1) is 7.85. The predicted molar refractivity (Wildman–Crippen MR) is 60.9 cm³/mol. The van der Waals surface area contributed by atoms with Crippen molar-refractivity contribution in [3.63, 3.8) is 0 Å². The summed E-state index contributed by atoms with van der Waals surface area (Å²) in [6.07, 6.45) is 0.691. The Balaban J connectivity index is 2.21. The predicted octanol–water partition coefficient (Wildman–Crippen LogP) is 1.10. The topological polar surface area (TPSA) is 50.7 Å². The highest BCUT2D eigenvalue weighted by atomic mass is 16.6. The van der Waals surface area contributed by atoms with Crippen LogP contribution in [0.4, 0.5) is 0 Å². The Kier molecular flexibility index (Phi) is 3.64. The maximum absolute atomic E-state index is 8.97. The molecule has 1 aromatic rings. The summed E-state index contributed by atoms with van der Waals surface area (Å²) in [5.74, 6) is 1.59. The molecule has 1 aliphatic rings. The first kappa shape index (κ1) is 11.2. The standard InChI is InChI=1S/C12H17NO3/c1-13-10(4-5-14)9-2-3-11-12(8-9)16-7-6-15-11/h2-3,8,10,13-14H,4-7H2,1H3/t10-/m0/s1. The van der Waals surface area contributed by atoms with E-state index in [1.807, 2.05) is 25.2 Å². The summed E-state index contributed by atoms with van der Waals surface area (Å²) in [6, 6.07) is 6.06. The molecule has 0 aromatic heterocycles. The SMILES string of the molecule is CN[C@@H](CCO)c1ccc2c(c1)OCCO2. The van der Waals surface area contributed by atoms with Crippen LogP contribution < -0.4 is 14.8 Å². The zero-order valence-corrected chi connectivity index (χ0v) is 9.40. The van der Waals surface area contributed by atoms with Crippen molar-refractivity contribution in [1.82, 2.24) is 5.32 Å². The Morgan fingerprint density at radius 1 is 1.31 bits per heavy atom. The molecule has 2 N–H and O–H groups in total. The molecule has 0 amide bonds. The van der Waals surface area contributed by atoms with E-state index >= 15 is 0 Å². The van der Waals surface area contributed by atoms with Crippen LogP contribution in [-0.4, -0.2) is 32.0 Å². The Bertz CT molecular complexity index is 354. The number of benzene rings is 1. The van der Waals surface area contributed by atoms with Crippen molar-refractivity contribution >= 4 is 0 Å². The number of nitrogens with one attached hydrogen (secondary N) is 1. The van der Waals surface area contributed by atoms with Gasteiger partial charge in [0.2, 0.25) is 0 Å². The van der Waals surface area contributed by atoms with Gasteiger partial charge in [-0.1, -0.05) is 6.07 Å². The third-order valence-electron chi connectivity index (χ3n) is 2.73. The molecule has 1 aromatic carbocycles. The molecule has 2 rings (SSSR count). The molecule has 0 fully saturated rings. The Morgan fingerprint density at radius 2 is 2.06 bits per heavy atom. The van der Waals surface area contributed by atoms with Crippen LogP contribution >= 0.6 is 0 Å². The van der Waals surface area contributed by atoms with Crippen LogP contribution in [0.5, 0.6) is 11.5 Å². The summed E-state index contributed by atoms with van der Waals surface area (Å²) >= 11 is 0. The van der Waals surface area contributed by atoms with E-state index in [1.165, 1.54) is 0 Å². The Hall–Kier alpha value is -1.26. The van der Waals surface area contributed by atoms with E-state index in [0.717, 1.165) is 17.1 Å². The highest BCUT2D eigenvalue weighted by Crippen LogP contribution is 2.33. The maximum Gasteiger partial charge on any atom is 0.161 e. The second-order valence-corrected chi connectivity index (χ2v) is 3.76. The number of aliphatic hydroxyl groups excluding tert-OH is 1. The van der Waals surface area contributed by atoms with Gasteiger partial charge in [-0.25, -0.2) is 0 Å². The Morgan fingerprint density at radius 3 is 2.75 bits per heavy atom. The van der Waals surface area contributed by atoms with Crippen molar-refractivity contribution in [3.05, 3.63) is 23.8 Å². The average molecular weight is 223 g/mol. The lowest BCUT2D eigenvalue weighted by molar-refractivity contribution is 0.171. The van der Waals surface area contributed by atoms with Crippen LogP contribution in [0, 0.1) is 0 Å². The van der Waals surface area contributed by atoms with E-state index in [9.17, 15) is 0 Å². The summed E-state index contributed by atoms with van der Waals surface area (Å²) in [4.78, 5) is 0. The largest absolute Gasteiger partial charge is 0.486 e. The van der Waals surface area contributed by atoms with Gasteiger partial charge < -0.3 is 19.9 Å². The lowest BCUT2D eigenvalue weighted by Gasteiger charge is -2.21. The molecule has 1 heterocycles. The van der Waals surface area contributed by atoms with Crippen molar-refractivity contribution in [2.24, 2.45) is 0 Å². The number of hydrogen-bond acceptors (Lipinski definition) is 4. The highest BCUT2D eigenvalue weighted by molar-refractivity contribution is 5.44. The molecule has 16 heavy (non-hydrogen) atoms. The molecule has 1 aliphatic heterocycles. The van der Waals surface area contributed by atoms with Gasteiger partial charge in [0, 0.05) is 12.6 Å². The van der Waals surface area contributed by atoms with E-state index in [1.54, 1.807) is 0 Å². The minimum atomic E-state index is 0.154. The lowest BCUT2D eigenvalue weighted by Crippen LogP contribution is -2.19. The number of rotatable bonds is 4. The van der Waals surface area contributed by atoms with Gasteiger partial charge in [-0.3, -0.25) is 0 Å². The highest BCUT2D eigenvalue weighted by Gasteiger charge is 2.15. The van der Waals surface area contributed by atoms with E-state index in [4.69, 9.17) is 14.6 Å². The van der Waals surface area contributed by atoms with E-state index in [0.29, 0.717) is 19.6 Å². The molecular formula is C12H17NO3. The van der Waals surface area contributed by atoms with Crippen molar-refractivity contribution in [2.45, 2.75) is 12.5 Å². The molecule has 0 spiro atoms. The molecule has 0 unspecified atom stereocenters. The van der Waals surface area contributed by atoms with Crippen LogP contribution in [0.1, 0.15) is 18.0 Å². The summed E-state index contributed by atoms with van der Waals surface area (Å²) in [6.45, 7) is 1.37. The average Bonchev–Trinajstić information content (AvgIpc) is 2.35. The second-order valence-electron chi connectivity index (χ2n) is 3.76. The number of aliphatic hydroxyl groups is 1. The second kappa shape index (κ2) is 5.18. The van der Waals surface area contributed by atoms with Crippen LogP contribution in [-0.2, 0) is 0 Å². The third-order valence-corrected chi connectivity index (χ3v) is 2.73. The summed E-state index contributed by atoms with van der Waals surface area (Å²) < 4.78 is 11.0. The molecule has 0 saturated heterocycles. The fraction of sp³-hybridized carbons (Fsp3) is 0.500. The molecule has 0 radical (unpaired) electrons. The number of ether oxygens (including phenoxy) is 2. The molecular weight excluding hydrogens is 206 g/mol. The van der Waals surface area contributed by atoms with E-state index in [2.05, 4.69) is 5.32 Å². The minimum absolute atomic E-state index is 0.154. The van der Waals surface area contributed by atoms with Crippen molar-refractivity contribution in [3.8, 4) is 11.5 Å². The van der Waals surface area contributed by atoms with Crippen LogP contribution in [0.2, 0.25) is 0 Å². The maximum atomic E-state index is 8.97. The molecule has 88 valence electrons. The van der Waals surface area contributed by atoms with Crippen molar-refractivity contribution in [1.29, 1.82) is 0 Å². The van der Waals surface area contributed by atoms with Gasteiger partial charge in [0.05, 0.1) is 0 Å². The van der Waals surface area contributed by atoms with Gasteiger partial charge in [0.15, 0.2) is 11.5 Å². The number of hydrogen-bond donors (Lipinski definition) is 2. The molecule has 0 aliphatic carbocycles. The Labute approximate surface area is 95.2 Å². The molecule has 0 saturated carbocycles. The lowest BCUT2D eigenvalue weighted by atomic mass is 10.0. The van der Waals surface area contributed by atoms with Crippen molar-refractivity contribution in [2.75, 3.05) is 26.9 Å². The van der Waals surface area contributed by atoms with Gasteiger partial charge in [-0.2, -0.15) is 0 Å². The fourth-order valence-electron chi connectivity index (χ4n) is 1.88.